The van der Waals surface area contributed by atoms with Crippen molar-refractivity contribution in [2.24, 2.45) is 0 Å². The molecule has 0 spiro atoms. The Morgan fingerprint density at radius 2 is 1.95 bits per heavy atom. The van der Waals surface area contributed by atoms with Crippen LogP contribution in [0.4, 0.5) is 10.1 Å². The summed E-state index contributed by atoms with van der Waals surface area (Å²) >= 11 is 0. The number of hydrogen-bond acceptors (Lipinski definition) is 7. The van der Waals surface area contributed by atoms with Crippen LogP contribution in [0.3, 0.4) is 0 Å². The molecule has 0 saturated carbocycles. The van der Waals surface area contributed by atoms with Crippen LogP contribution in [0, 0.1) is 19.8 Å². The van der Waals surface area contributed by atoms with Crippen LogP contribution in [0.15, 0.2) is 41.1 Å². The number of nitrogens with zero attached hydrogens (tertiary/aromatic N) is 6. The number of halogens is 1. The number of carbonyl (C=O) groups excluding carboxylic acids is 1. The van der Waals surface area contributed by atoms with Crippen LogP contribution >= 0.6 is 0 Å². The molecule has 6 rings (SSSR count). The number of aryl methyl sites for hydroxylation is 2. The van der Waals surface area contributed by atoms with E-state index in [4.69, 9.17) is 9.51 Å². The van der Waals surface area contributed by atoms with Gasteiger partial charge < -0.3 is 14.0 Å². The molecule has 2 fully saturated rings. The number of benzene rings is 1. The van der Waals surface area contributed by atoms with E-state index in [0.29, 0.717) is 49.6 Å². The molecule has 0 unspecified atom stereocenters. The molecular formula is C26H27FN6O4S. The van der Waals surface area contributed by atoms with Crippen LogP contribution in [-0.2, 0) is 14.8 Å². The summed E-state index contributed by atoms with van der Waals surface area (Å²) in [5.74, 6) is 0.661. The maximum atomic E-state index is 13.5. The lowest BCUT2D eigenvalue weighted by Crippen LogP contribution is -2.31. The monoisotopic (exact) mass is 538 g/mol. The van der Waals surface area contributed by atoms with Crippen molar-refractivity contribution in [1.29, 1.82) is 0 Å². The van der Waals surface area contributed by atoms with Gasteiger partial charge in [0.05, 0.1) is 47.0 Å². The first kappa shape index (κ1) is 24.7. The minimum absolute atomic E-state index is 0.0948. The van der Waals surface area contributed by atoms with E-state index in [2.05, 4.69) is 14.7 Å². The largest absolute Gasteiger partial charge is 0.361 e. The van der Waals surface area contributed by atoms with Gasteiger partial charge in [0.25, 0.3) is 0 Å². The number of pyridine rings is 1. The van der Waals surface area contributed by atoms with Gasteiger partial charge in [0.1, 0.15) is 11.6 Å². The van der Waals surface area contributed by atoms with E-state index in [0.717, 1.165) is 27.9 Å². The minimum atomic E-state index is -3.35. The number of imidazole rings is 1. The molecule has 0 bridgehead atoms. The molecule has 2 atom stereocenters. The molecule has 10 nitrogen and oxygen atoms in total. The van der Waals surface area contributed by atoms with Crippen LogP contribution < -0.4 is 4.90 Å². The Labute approximate surface area is 219 Å². The Morgan fingerprint density at radius 1 is 1.13 bits per heavy atom. The van der Waals surface area contributed by atoms with Crippen LogP contribution in [0.5, 0.6) is 0 Å². The van der Waals surface area contributed by atoms with Crippen molar-refractivity contribution < 1.29 is 22.1 Å². The molecule has 4 aromatic rings. The summed E-state index contributed by atoms with van der Waals surface area (Å²) in [5, 5.41) is 4.07. The van der Waals surface area contributed by atoms with Crippen molar-refractivity contribution in [2.75, 3.05) is 24.2 Å². The van der Waals surface area contributed by atoms with Crippen molar-refractivity contribution in [3.8, 4) is 11.1 Å². The summed E-state index contributed by atoms with van der Waals surface area (Å²) in [6, 6.07) is 8.17. The van der Waals surface area contributed by atoms with Crippen LogP contribution in [-0.4, -0.2) is 57.7 Å². The number of rotatable bonds is 5. The molecule has 1 amide bonds. The fourth-order valence-electron chi connectivity index (χ4n) is 5.77. The van der Waals surface area contributed by atoms with E-state index in [9.17, 15) is 17.6 Å². The molecule has 5 heterocycles. The molecule has 0 aliphatic carbocycles. The Kier molecular flexibility index (Phi) is 5.84. The smallest absolute Gasteiger partial charge is 0.227 e. The Bertz CT molecular complexity index is 1640. The molecule has 2 saturated heterocycles. The standard InChI is InChI=1S/C26H27FN6O4S/c1-15-25(16(2)37-30-15)17-4-6-21-20(12-17)29-26(33(21)19-10-11-31(14-19)38(3,35)36)22-7-9-24(34)32(22)18-5-8-23(27)28-13-18/h4-6,8,12-13,19,22H,7,9-11,14H2,1-3H3/t19-,22+/m1/s1. The highest BCUT2D eigenvalue weighted by Crippen LogP contribution is 2.41. The van der Waals surface area contributed by atoms with Gasteiger partial charge in [-0.3, -0.25) is 4.79 Å². The van der Waals surface area contributed by atoms with Gasteiger partial charge in [0.15, 0.2) is 0 Å². The maximum absolute atomic E-state index is 13.5. The zero-order valence-corrected chi connectivity index (χ0v) is 22.1. The first-order chi connectivity index (χ1) is 18.1. The normalized spacial score (nSPS) is 20.7. The van der Waals surface area contributed by atoms with Gasteiger partial charge >= 0.3 is 0 Å². The lowest BCUT2D eigenvalue weighted by Gasteiger charge is -2.27. The van der Waals surface area contributed by atoms with E-state index in [1.807, 2.05) is 32.0 Å². The first-order valence-electron chi connectivity index (χ1n) is 12.5. The third kappa shape index (κ3) is 4.08. The highest BCUT2D eigenvalue weighted by molar-refractivity contribution is 7.88. The minimum Gasteiger partial charge on any atom is -0.361 e. The third-order valence-electron chi connectivity index (χ3n) is 7.50. The lowest BCUT2D eigenvalue weighted by molar-refractivity contribution is -0.117. The van der Waals surface area contributed by atoms with Crippen LogP contribution in [0.2, 0.25) is 0 Å². The van der Waals surface area contributed by atoms with Crippen molar-refractivity contribution in [3.05, 3.63) is 59.8 Å². The number of carbonyl (C=O) groups is 1. The molecule has 0 N–H and O–H groups in total. The number of amides is 1. The van der Waals surface area contributed by atoms with Crippen molar-refractivity contribution in [2.45, 2.75) is 45.2 Å². The zero-order valence-electron chi connectivity index (χ0n) is 21.3. The Hall–Kier alpha value is -3.64. The fourth-order valence-corrected chi connectivity index (χ4v) is 6.65. The summed E-state index contributed by atoms with van der Waals surface area (Å²) in [7, 11) is -3.35. The van der Waals surface area contributed by atoms with E-state index in [-0.39, 0.29) is 11.9 Å². The van der Waals surface area contributed by atoms with E-state index in [1.54, 1.807) is 11.0 Å². The average molecular weight is 539 g/mol. The lowest BCUT2D eigenvalue weighted by atomic mass is 10.0. The molecule has 3 aromatic heterocycles. The molecule has 38 heavy (non-hydrogen) atoms. The van der Waals surface area contributed by atoms with Gasteiger partial charge in [-0.1, -0.05) is 11.2 Å². The second kappa shape index (κ2) is 8.98. The fraction of sp³-hybridized carbons (Fsp3) is 0.385. The molecule has 198 valence electrons. The Morgan fingerprint density at radius 3 is 2.61 bits per heavy atom. The van der Waals surface area contributed by atoms with E-state index < -0.39 is 22.0 Å². The predicted octanol–water partition coefficient (Wildman–Crippen LogP) is 3.92. The second-order valence-electron chi connectivity index (χ2n) is 9.96. The number of fused-ring (bicyclic) bond motifs is 1. The number of sulfonamides is 1. The Balaban J connectivity index is 1.50. The second-order valence-corrected chi connectivity index (χ2v) is 11.9. The zero-order chi connectivity index (χ0) is 26.8. The molecule has 1 aromatic carbocycles. The molecule has 2 aliphatic rings. The van der Waals surface area contributed by atoms with Gasteiger partial charge in [-0.25, -0.2) is 22.7 Å². The maximum Gasteiger partial charge on any atom is 0.227 e. The van der Waals surface area contributed by atoms with E-state index in [1.165, 1.54) is 22.8 Å². The number of anilines is 1. The van der Waals surface area contributed by atoms with Gasteiger partial charge in [-0.05, 0) is 56.5 Å². The molecular weight excluding hydrogens is 511 g/mol. The highest BCUT2D eigenvalue weighted by Gasteiger charge is 2.40. The first-order valence-corrected chi connectivity index (χ1v) is 14.3. The molecule has 2 aliphatic heterocycles. The third-order valence-corrected chi connectivity index (χ3v) is 8.77. The van der Waals surface area contributed by atoms with Gasteiger partial charge in [0, 0.05) is 25.1 Å². The van der Waals surface area contributed by atoms with Crippen molar-refractivity contribution >= 4 is 32.7 Å². The van der Waals surface area contributed by atoms with Crippen LogP contribution in [0.1, 0.15) is 48.6 Å². The average Bonchev–Trinajstić information content (AvgIpc) is 3.64. The summed E-state index contributed by atoms with van der Waals surface area (Å²) in [5.41, 5.74) is 4.67. The molecule has 12 heteroatoms. The summed E-state index contributed by atoms with van der Waals surface area (Å²) in [6.45, 7) is 4.48. The number of aromatic nitrogens is 4. The number of hydrogen-bond donors (Lipinski definition) is 0. The SMILES string of the molecule is Cc1noc(C)c1-c1ccc2c(c1)nc([C@@H]1CCC(=O)N1c1ccc(F)nc1)n2[C@@H]1CCN(S(C)(=O)=O)C1. The van der Waals surface area contributed by atoms with Crippen LogP contribution in [0.25, 0.3) is 22.2 Å². The van der Waals surface area contributed by atoms with Crippen molar-refractivity contribution in [3.63, 3.8) is 0 Å². The van der Waals surface area contributed by atoms with Crippen molar-refractivity contribution in [1.82, 2.24) is 24.0 Å². The topological polar surface area (TPSA) is 114 Å². The summed E-state index contributed by atoms with van der Waals surface area (Å²) < 4.78 is 47.1. The predicted molar refractivity (Wildman–Crippen MR) is 138 cm³/mol. The van der Waals surface area contributed by atoms with E-state index >= 15 is 0 Å². The highest BCUT2D eigenvalue weighted by atomic mass is 32.2. The van der Waals surface area contributed by atoms with Gasteiger partial charge in [-0.15, -0.1) is 0 Å². The van der Waals surface area contributed by atoms with Gasteiger partial charge in [0.2, 0.25) is 21.9 Å². The quantitative estimate of drug-likeness (QED) is 0.354. The summed E-state index contributed by atoms with van der Waals surface area (Å²) in [6.07, 6.45) is 4.04. The molecule has 0 radical (unpaired) electrons. The van der Waals surface area contributed by atoms with Gasteiger partial charge in [-0.2, -0.15) is 4.39 Å². The summed E-state index contributed by atoms with van der Waals surface area (Å²) in [4.78, 5) is 23.4.